The number of fused-ring (bicyclic) bond motifs is 2. The minimum atomic E-state index is -0.473. The third-order valence-electron chi connectivity index (χ3n) is 14.8. The fourth-order valence-electron chi connectivity index (χ4n) is 9.53. The summed E-state index contributed by atoms with van der Waals surface area (Å²) in [6.07, 6.45) is 18.8. The molecular weight excluding hydrogens is 921 g/mol. The first-order chi connectivity index (χ1) is 34.2. The molecule has 0 radical (unpaired) electrons. The van der Waals surface area contributed by atoms with E-state index in [0.717, 1.165) is 84.5 Å². The van der Waals surface area contributed by atoms with Gasteiger partial charge in [-0.05, 0) is 61.5 Å². The van der Waals surface area contributed by atoms with Crippen LogP contribution in [0.15, 0.2) is 22.9 Å². The summed E-state index contributed by atoms with van der Waals surface area (Å²) in [6, 6.07) is 4.11. The molecule has 0 bridgehead atoms. The summed E-state index contributed by atoms with van der Waals surface area (Å²) in [6.45, 7) is 24.7. The highest BCUT2D eigenvalue weighted by atomic mass is 32.1. The molecule has 5 rings (SSSR count). The van der Waals surface area contributed by atoms with Crippen LogP contribution in [0.4, 0.5) is 0 Å². The first-order valence-electron chi connectivity index (χ1n) is 27.5. The Labute approximate surface area is 432 Å². The van der Waals surface area contributed by atoms with Crippen LogP contribution in [-0.2, 0) is 18.9 Å². The van der Waals surface area contributed by atoms with E-state index in [9.17, 15) is 0 Å². The van der Waals surface area contributed by atoms with Gasteiger partial charge < -0.3 is 47.4 Å². The third-order valence-corrected chi connectivity index (χ3v) is 16.7. The highest BCUT2D eigenvalue weighted by molar-refractivity contribution is 7.14. The minimum Gasteiger partial charge on any atom is -0.496 e. The van der Waals surface area contributed by atoms with Gasteiger partial charge in [0.05, 0.1) is 61.2 Å². The molecule has 0 amide bonds. The summed E-state index contributed by atoms with van der Waals surface area (Å²) in [7, 11) is 3.43. The molecule has 0 spiro atoms. The molecule has 398 valence electrons. The molecule has 4 atom stereocenters. The molecule has 2 aliphatic heterocycles. The molecule has 0 fully saturated rings. The van der Waals surface area contributed by atoms with E-state index in [0.29, 0.717) is 99.5 Å². The lowest BCUT2D eigenvalue weighted by atomic mass is 9.91. The zero-order chi connectivity index (χ0) is 50.2. The van der Waals surface area contributed by atoms with Crippen molar-refractivity contribution in [3.05, 3.63) is 22.9 Å². The zero-order valence-corrected chi connectivity index (χ0v) is 46.9. The summed E-state index contributed by atoms with van der Waals surface area (Å²) < 4.78 is 65.8. The Hall–Kier alpha value is -2.74. The van der Waals surface area contributed by atoms with Gasteiger partial charge in [-0.1, -0.05) is 132 Å². The van der Waals surface area contributed by atoms with Gasteiger partial charge in [-0.2, -0.15) is 0 Å². The van der Waals surface area contributed by atoms with Crippen molar-refractivity contribution in [3.63, 3.8) is 0 Å². The smallest absolute Gasteiger partial charge is 0.179 e. The predicted molar refractivity (Wildman–Crippen MR) is 290 cm³/mol. The summed E-state index contributed by atoms with van der Waals surface area (Å²) in [4.78, 5) is 1.83. The van der Waals surface area contributed by atoms with Gasteiger partial charge in [0.2, 0.25) is 0 Å². The molecule has 70 heavy (non-hydrogen) atoms. The average molecular weight is 1020 g/mol. The number of benzene rings is 1. The number of ether oxygens (including phenoxy) is 10. The normalized spacial score (nSPS) is 19.6. The highest BCUT2D eigenvalue weighted by Crippen LogP contribution is 2.54. The summed E-state index contributed by atoms with van der Waals surface area (Å²) >= 11 is 3.16. The minimum absolute atomic E-state index is 0.408. The van der Waals surface area contributed by atoms with E-state index < -0.39 is 10.8 Å². The topological polar surface area (TPSA) is 92.3 Å². The van der Waals surface area contributed by atoms with Crippen molar-refractivity contribution in [2.24, 2.45) is 34.5 Å². The fraction of sp³-hybridized carbons (Fsp3) is 0.759. The van der Waals surface area contributed by atoms with E-state index in [4.69, 9.17) is 47.4 Å². The lowest BCUT2D eigenvalue weighted by molar-refractivity contribution is -0.0715. The number of hydrogen-bond acceptors (Lipinski definition) is 12. The number of methoxy groups -OCH3 is 2. The highest BCUT2D eigenvalue weighted by Gasteiger charge is 2.40. The van der Waals surface area contributed by atoms with Crippen LogP contribution in [0.1, 0.15) is 158 Å². The molecular formula is C58H94O10S2. The maximum Gasteiger partial charge on any atom is 0.179 e. The van der Waals surface area contributed by atoms with Gasteiger partial charge in [0.15, 0.2) is 23.0 Å². The van der Waals surface area contributed by atoms with Crippen molar-refractivity contribution in [2.45, 2.75) is 158 Å². The van der Waals surface area contributed by atoms with Crippen molar-refractivity contribution in [1.29, 1.82) is 0 Å². The summed E-state index contributed by atoms with van der Waals surface area (Å²) in [5, 5.41) is 4.09. The lowest BCUT2D eigenvalue weighted by Gasteiger charge is -2.32. The first-order valence-corrected chi connectivity index (χ1v) is 29.3. The molecule has 3 aromatic rings. The van der Waals surface area contributed by atoms with Crippen LogP contribution in [0.5, 0.6) is 34.5 Å². The van der Waals surface area contributed by atoms with E-state index in [2.05, 4.69) is 67.5 Å². The Kier molecular flexibility index (Phi) is 25.8. The standard InChI is InChI=1S/C58H94O10S2/c1-11-19-23-43(15-5)29-61-35-57(36-62-30-44(16-6)24-20-12-2)39-65-51-33-69-55(53(51)67-41-57)47-27-50(60-10)48(28-49(47)59-9)56-54-52(34-70-56)66-40-58(42-68-54,37-63-31-45(17-7)25-21-13-3)38-64-32-46(18-8)26-22-14-4/h27-28,33-34,43-46H,11-26,29-32,35-42H2,1-10H3. The van der Waals surface area contributed by atoms with E-state index in [1.807, 2.05) is 10.8 Å². The quantitative estimate of drug-likeness (QED) is 0.0561. The van der Waals surface area contributed by atoms with E-state index in [1.165, 1.54) is 77.0 Å². The second-order valence-electron chi connectivity index (χ2n) is 20.7. The lowest BCUT2D eigenvalue weighted by Crippen LogP contribution is -2.43. The van der Waals surface area contributed by atoms with Crippen LogP contribution in [0, 0.1) is 34.5 Å². The van der Waals surface area contributed by atoms with E-state index in [1.54, 1.807) is 36.9 Å². The number of hydrogen-bond donors (Lipinski definition) is 0. The second kappa shape index (κ2) is 31.1. The van der Waals surface area contributed by atoms with Crippen molar-refractivity contribution in [1.82, 2.24) is 0 Å². The molecule has 0 N–H and O–H groups in total. The average Bonchev–Trinajstić information content (AvgIpc) is 3.89. The van der Waals surface area contributed by atoms with Gasteiger partial charge in [-0.25, -0.2) is 0 Å². The van der Waals surface area contributed by atoms with Crippen molar-refractivity contribution in [2.75, 3.05) is 93.5 Å². The molecule has 0 aliphatic carbocycles. The van der Waals surface area contributed by atoms with Crippen molar-refractivity contribution >= 4 is 22.7 Å². The van der Waals surface area contributed by atoms with Gasteiger partial charge >= 0.3 is 0 Å². The number of unbranched alkanes of at least 4 members (excludes halogenated alkanes) is 4. The van der Waals surface area contributed by atoms with E-state index in [-0.39, 0.29) is 0 Å². The molecule has 4 heterocycles. The van der Waals surface area contributed by atoms with Crippen LogP contribution in [-0.4, -0.2) is 93.5 Å². The van der Waals surface area contributed by atoms with Gasteiger partial charge in [0.1, 0.15) is 37.9 Å². The van der Waals surface area contributed by atoms with Crippen LogP contribution in [0.2, 0.25) is 0 Å². The van der Waals surface area contributed by atoms with Crippen LogP contribution in [0.3, 0.4) is 0 Å². The van der Waals surface area contributed by atoms with Gasteiger partial charge in [0, 0.05) is 48.3 Å². The summed E-state index contributed by atoms with van der Waals surface area (Å²) in [5.41, 5.74) is 0.783. The van der Waals surface area contributed by atoms with Crippen molar-refractivity contribution in [3.8, 4) is 55.4 Å². The Morgan fingerprint density at radius 1 is 0.457 bits per heavy atom. The number of thiophene rings is 2. The molecule has 10 nitrogen and oxygen atoms in total. The molecule has 0 saturated heterocycles. The van der Waals surface area contributed by atoms with Gasteiger partial charge in [-0.3, -0.25) is 0 Å². The second-order valence-corrected chi connectivity index (χ2v) is 22.4. The van der Waals surface area contributed by atoms with Crippen LogP contribution < -0.4 is 28.4 Å². The Balaban J connectivity index is 1.38. The van der Waals surface area contributed by atoms with Crippen LogP contribution in [0.25, 0.3) is 20.9 Å². The van der Waals surface area contributed by atoms with Crippen LogP contribution >= 0.6 is 22.7 Å². The van der Waals surface area contributed by atoms with E-state index >= 15 is 0 Å². The maximum atomic E-state index is 6.87. The Morgan fingerprint density at radius 3 is 1.03 bits per heavy atom. The molecule has 0 saturated carbocycles. The molecule has 12 heteroatoms. The van der Waals surface area contributed by atoms with Gasteiger partial charge in [-0.15, -0.1) is 22.7 Å². The third kappa shape index (κ3) is 16.6. The Bertz CT molecular complexity index is 1710. The molecule has 4 unspecified atom stereocenters. The fourth-order valence-corrected chi connectivity index (χ4v) is 11.4. The predicted octanol–water partition coefficient (Wildman–Crippen LogP) is 15.6. The van der Waals surface area contributed by atoms with Gasteiger partial charge in [0.25, 0.3) is 0 Å². The maximum absolute atomic E-state index is 6.87. The van der Waals surface area contributed by atoms with Crippen molar-refractivity contribution < 1.29 is 47.4 Å². The number of rotatable bonds is 36. The SMILES string of the molecule is CCCCC(CC)COCC1(COCC(CC)CCCC)COc2csc(-c3cc(OC)c(-c4scc5c4OCC(COCC(CC)CCCC)(COCC(CC)CCCC)CO5)cc3OC)c2OC1. The molecule has 2 aromatic heterocycles. The zero-order valence-electron chi connectivity index (χ0n) is 45.3. The molecule has 1 aromatic carbocycles. The first kappa shape index (κ1) is 58.2. The largest absolute Gasteiger partial charge is 0.496 e. The summed E-state index contributed by atoms with van der Waals surface area (Å²) in [5.74, 6) is 6.39. The molecule has 2 aliphatic rings. The monoisotopic (exact) mass is 1010 g/mol. The Morgan fingerprint density at radius 2 is 0.757 bits per heavy atom.